The van der Waals surface area contributed by atoms with Crippen molar-refractivity contribution >= 4 is 31.9 Å². The van der Waals surface area contributed by atoms with Crippen molar-refractivity contribution in [1.82, 2.24) is 0 Å². The molecule has 0 saturated heterocycles. The molecule has 0 spiro atoms. The minimum Gasteiger partial charge on any atom is -0.0786 e. The summed E-state index contributed by atoms with van der Waals surface area (Å²) < 4.78 is 1.21. The highest BCUT2D eigenvalue weighted by atomic mass is 79.9. The topological polar surface area (TPSA) is 0 Å². The van der Waals surface area contributed by atoms with Crippen molar-refractivity contribution in [2.24, 2.45) is 0 Å². The molecule has 20 heavy (non-hydrogen) atoms. The largest absolute Gasteiger partial charge is 0.0786 e. The fourth-order valence-corrected chi connectivity index (χ4v) is 4.42. The molecule has 1 atom stereocenters. The first-order valence-electron chi connectivity index (χ1n) is 7.17. The van der Waals surface area contributed by atoms with Crippen LogP contribution in [0.5, 0.6) is 0 Å². The number of alkyl halides is 1. The molecule has 0 fully saturated rings. The van der Waals surface area contributed by atoms with E-state index in [-0.39, 0.29) is 4.83 Å². The van der Waals surface area contributed by atoms with Gasteiger partial charge < -0.3 is 0 Å². The first kappa shape index (κ1) is 14.3. The Labute approximate surface area is 137 Å². The Morgan fingerprint density at radius 2 is 1.75 bits per heavy atom. The molecule has 0 aliphatic heterocycles. The Morgan fingerprint density at radius 1 is 1.00 bits per heavy atom. The number of benzene rings is 2. The Balaban J connectivity index is 1.98. The molecule has 0 aromatic heterocycles. The Hall–Kier alpha value is -0.600. The molecular formula is C18H18Br2. The molecule has 0 bridgehead atoms. The highest BCUT2D eigenvalue weighted by Gasteiger charge is 2.17. The molecule has 0 N–H and O–H groups in total. The molecule has 1 aliphatic rings. The average molecular weight is 394 g/mol. The van der Waals surface area contributed by atoms with Crippen LogP contribution in [-0.4, -0.2) is 0 Å². The van der Waals surface area contributed by atoms with E-state index >= 15 is 0 Å². The van der Waals surface area contributed by atoms with Crippen LogP contribution in [-0.2, 0) is 12.8 Å². The summed E-state index contributed by atoms with van der Waals surface area (Å²) in [6.45, 7) is 2.14. The van der Waals surface area contributed by atoms with Crippen LogP contribution in [0.15, 0.2) is 40.9 Å². The number of aryl methyl sites for hydroxylation is 3. The molecular weight excluding hydrogens is 376 g/mol. The number of halogens is 2. The van der Waals surface area contributed by atoms with Crippen LogP contribution in [0.1, 0.15) is 45.5 Å². The van der Waals surface area contributed by atoms with E-state index in [1.807, 2.05) is 0 Å². The summed E-state index contributed by atoms with van der Waals surface area (Å²) >= 11 is 7.60. The van der Waals surface area contributed by atoms with Gasteiger partial charge in [-0.2, -0.15) is 0 Å². The van der Waals surface area contributed by atoms with Crippen molar-refractivity contribution in [3.63, 3.8) is 0 Å². The van der Waals surface area contributed by atoms with Gasteiger partial charge in [0.15, 0.2) is 0 Å². The lowest BCUT2D eigenvalue weighted by atomic mass is 9.89. The third-order valence-corrected chi connectivity index (χ3v) is 6.27. The Kier molecular flexibility index (Phi) is 4.32. The molecule has 0 radical (unpaired) electrons. The maximum atomic E-state index is 3.88. The third-order valence-electron chi connectivity index (χ3n) is 4.16. The lowest BCUT2D eigenvalue weighted by Gasteiger charge is -2.19. The van der Waals surface area contributed by atoms with Crippen molar-refractivity contribution in [2.75, 3.05) is 0 Å². The van der Waals surface area contributed by atoms with Gasteiger partial charge in [-0.3, -0.25) is 0 Å². The molecule has 2 aromatic rings. The van der Waals surface area contributed by atoms with Gasteiger partial charge >= 0.3 is 0 Å². The maximum Gasteiger partial charge on any atom is 0.0655 e. The zero-order valence-corrected chi connectivity index (χ0v) is 14.8. The van der Waals surface area contributed by atoms with E-state index in [0.717, 1.165) is 0 Å². The van der Waals surface area contributed by atoms with Crippen LogP contribution in [0.4, 0.5) is 0 Å². The summed E-state index contributed by atoms with van der Waals surface area (Å²) in [6.07, 6.45) is 5.15. The molecule has 2 heteroatoms. The molecule has 3 rings (SSSR count). The third kappa shape index (κ3) is 2.73. The van der Waals surface area contributed by atoms with Crippen molar-refractivity contribution in [3.8, 4) is 0 Å². The fourth-order valence-electron chi connectivity index (χ4n) is 2.96. The monoisotopic (exact) mass is 392 g/mol. The molecule has 104 valence electrons. The van der Waals surface area contributed by atoms with Crippen LogP contribution in [0.2, 0.25) is 0 Å². The van der Waals surface area contributed by atoms with Gasteiger partial charge in [0.1, 0.15) is 0 Å². The van der Waals surface area contributed by atoms with E-state index < -0.39 is 0 Å². The highest BCUT2D eigenvalue weighted by molar-refractivity contribution is 9.11. The van der Waals surface area contributed by atoms with Gasteiger partial charge in [0.05, 0.1) is 4.83 Å². The van der Waals surface area contributed by atoms with Crippen LogP contribution in [0, 0.1) is 6.92 Å². The number of fused-ring (bicyclic) bond motifs is 1. The summed E-state index contributed by atoms with van der Waals surface area (Å²) in [6, 6.07) is 13.4. The van der Waals surface area contributed by atoms with Gasteiger partial charge in [-0.15, -0.1) is 0 Å². The quantitative estimate of drug-likeness (QED) is 0.539. The normalized spacial score (nSPS) is 15.8. The molecule has 1 aliphatic carbocycles. The standard InChI is InChI=1S/C18H18Br2/c1-12-5-4-8-16(17(12)19)18(20)15-10-9-13-6-2-3-7-14(13)11-15/h4-5,8-11,18H,2-3,6-7H2,1H3. The molecule has 0 amide bonds. The van der Waals surface area contributed by atoms with Gasteiger partial charge in [0.25, 0.3) is 0 Å². The molecule has 0 nitrogen and oxygen atoms in total. The molecule has 1 unspecified atom stereocenters. The molecule has 2 aromatic carbocycles. The summed E-state index contributed by atoms with van der Waals surface area (Å²) in [4.78, 5) is 0.254. The lowest BCUT2D eigenvalue weighted by molar-refractivity contribution is 0.684. The van der Waals surface area contributed by atoms with Crippen molar-refractivity contribution in [2.45, 2.75) is 37.4 Å². The first-order valence-corrected chi connectivity index (χ1v) is 8.88. The second kappa shape index (κ2) is 6.03. The van der Waals surface area contributed by atoms with Gasteiger partial charge in [-0.05, 0) is 60.4 Å². The van der Waals surface area contributed by atoms with Crippen molar-refractivity contribution < 1.29 is 0 Å². The van der Waals surface area contributed by atoms with E-state index in [0.29, 0.717) is 0 Å². The summed E-state index contributed by atoms with van der Waals surface area (Å²) in [5, 5.41) is 0. The Bertz CT molecular complexity index is 631. The van der Waals surface area contributed by atoms with Gasteiger partial charge in [0, 0.05) is 4.47 Å². The summed E-state index contributed by atoms with van der Waals surface area (Å²) in [7, 11) is 0. The minimum atomic E-state index is 0.254. The Morgan fingerprint density at radius 3 is 2.55 bits per heavy atom. The van der Waals surface area contributed by atoms with E-state index in [1.54, 1.807) is 11.1 Å². The van der Waals surface area contributed by atoms with Crippen LogP contribution >= 0.6 is 31.9 Å². The average Bonchev–Trinajstić information content (AvgIpc) is 2.49. The zero-order valence-electron chi connectivity index (χ0n) is 11.6. The second-order valence-corrected chi connectivity index (χ2v) is 7.28. The van der Waals surface area contributed by atoms with E-state index in [9.17, 15) is 0 Å². The number of hydrogen-bond donors (Lipinski definition) is 0. The van der Waals surface area contributed by atoms with Gasteiger partial charge in [-0.1, -0.05) is 68.3 Å². The predicted molar refractivity (Wildman–Crippen MR) is 92.7 cm³/mol. The minimum absolute atomic E-state index is 0.254. The number of hydrogen-bond acceptors (Lipinski definition) is 0. The number of rotatable bonds is 2. The lowest BCUT2D eigenvalue weighted by Crippen LogP contribution is -2.04. The van der Waals surface area contributed by atoms with Crippen molar-refractivity contribution in [1.29, 1.82) is 0 Å². The smallest absolute Gasteiger partial charge is 0.0655 e. The van der Waals surface area contributed by atoms with Crippen molar-refractivity contribution in [3.05, 3.63) is 68.7 Å². The summed E-state index contributed by atoms with van der Waals surface area (Å²) in [5.41, 5.74) is 7.03. The van der Waals surface area contributed by atoms with E-state index in [4.69, 9.17) is 0 Å². The van der Waals surface area contributed by atoms with Gasteiger partial charge in [-0.25, -0.2) is 0 Å². The van der Waals surface area contributed by atoms with Crippen LogP contribution < -0.4 is 0 Å². The van der Waals surface area contributed by atoms with Crippen LogP contribution in [0.3, 0.4) is 0 Å². The van der Waals surface area contributed by atoms with E-state index in [1.165, 1.54) is 46.8 Å². The van der Waals surface area contributed by atoms with E-state index in [2.05, 4.69) is 75.2 Å². The molecule has 0 saturated carbocycles. The zero-order chi connectivity index (χ0) is 14.1. The first-order chi connectivity index (χ1) is 9.66. The predicted octanol–water partition coefficient (Wildman–Crippen LogP) is 6.12. The highest BCUT2D eigenvalue weighted by Crippen LogP contribution is 2.38. The second-order valence-electron chi connectivity index (χ2n) is 5.58. The SMILES string of the molecule is Cc1cccc(C(Br)c2ccc3c(c2)CCCC3)c1Br. The molecule has 0 heterocycles. The summed E-state index contributed by atoms with van der Waals surface area (Å²) in [5.74, 6) is 0. The maximum absolute atomic E-state index is 3.88. The van der Waals surface area contributed by atoms with Crippen LogP contribution in [0.25, 0.3) is 0 Å². The van der Waals surface area contributed by atoms with Gasteiger partial charge in [0.2, 0.25) is 0 Å². The fraction of sp³-hybridized carbons (Fsp3) is 0.333.